The summed E-state index contributed by atoms with van der Waals surface area (Å²) in [5, 5.41) is 10.9. The fraction of sp³-hybridized carbons (Fsp3) is 0.545. The Balaban J connectivity index is 2.60. The van der Waals surface area contributed by atoms with Gasteiger partial charge in [-0.1, -0.05) is 0 Å². The molecule has 0 atom stereocenters. The zero-order valence-corrected chi connectivity index (χ0v) is 11.3. The Morgan fingerprint density at radius 2 is 2.18 bits per heavy atom. The van der Waals surface area contributed by atoms with E-state index in [-0.39, 0.29) is 10.4 Å². The molecule has 0 aromatic carbocycles. The number of carbonyl (C=O) groups excluding carboxylic acids is 1. The van der Waals surface area contributed by atoms with Gasteiger partial charge in [-0.15, -0.1) is 10.2 Å². The minimum Gasteiger partial charge on any atom is -0.464 e. The number of methoxy groups -OCH3 is 1. The largest absolute Gasteiger partial charge is 0.464 e. The average Bonchev–Trinajstić information content (AvgIpc) is 2.36. The van der Waals surface area contributed by atoms with Crippen molar-refractivity contribution >= 4 is 23.5 Å². The van der Waals surface area contributed by atoms with Gasteiger partial charge in [0.15, 0.2) is 5.69 Å². The lowest BCUT2D eigenvalue weighted by atomic mass is 10.2. The molecule has 0 saturated carbocycles. The van der Waals surface area contributed by atoms with Gasteiger partial charge in [-0.2, -0.15) is 11.8 Å². The van der Waals surface area contributed by atoms with Crippen molar-refractivity contribution in [3.63, 3.8) is 0 Å². The van der Waals surface area contributed by atoms with Crippen molar-refractivity contribution in [2.24, 2.45) is 0 Å². The van der Waals surface area contributed by atoms with Gasteiger partial charge in [0.25, 0.3) is 0 Å². The third-order valence-corrected chi connectivity index (χ3v) is 3.56. The molecule has 94 valence electrons. The van der Waals surface area contributed by atoms with E-state index < -0.39 is 5.97 Å². The Morgan fingerprint density at radius 1 is 1.47 bits per heavy atom. The molecule has 1 heterocycles. The lowest BCUT2D eigenvalue weighted by Crippen LogP contribution is -2.26. The van der Waals surface area contributed by atoms with Crippen LogP contribution < -0.4 is 5.32 Å². The van der Waals surface area contributed by atoms with Gasteiger partial charge in [0.05, 0.1) is 7.11 Å². The minimum absolute atomic E-state index is 0.128. The number of esters is 1. The first-order valence-electron chi connectivity index (χ1n) is 5.19. The summed E-state index contributed by atoms with van der Waals surface area (Å²) < 4.78 is 4.67. The third-order valence-electron chi connectivity index (χ3n) is 2.31. The van der Waals surface area contributed by atoms with Gasteiger partial charge in [-0.05, 0) is 32.2 Å². The summed E-state index contributed by atoms with van der Waals surface area (Å²) in [7, 11) is 1.32. The first-order valence-corrected chi connectivity index (χ1v) is 6.42. The maximum absolute atomic E-state index is 11.1. The molecule has 0 fully saturated rings. The zero-order chi connectivity index (χ0) is 12.9. The van der Waals surface area contributed by atoms with Crippen LogP contribution in [0, 0.1) is 0 Å². The summed E-state index contributed by atoms with van der Waals surface area (Å²) >= 11 is 1.77. The van der Waals surface area contributed by atoms with Crippen LogP contribution in [0.1, 0.15) is 24.3 Å². The van der Waals surface area contributed by atoms with Crippen molar-refractivity contribution in [3.05, 3.63) is 17.8 Å². The topological polar surface area (TPSA) is 64.1 Å². The SMILES string of the molecule is COC(=O)c1ccc(NCC(C)(C)SC)nn1. The van der Waals surface area contributed by atoms with E-state index in [4.69, 9.17) is 0 Å². The normalized spacial score (nSPS) is 11.1. The molecule has 0 amide bonds. The zero-order valence-electron chi connectivity index (χ0n) is 10.5. The van der Waals surface area contributed by atoms with Crippen molar-refractivity contribution in [2.45, 2.75) is 18.6 Å². The second-order valence-electron chi connectivity index (χ2n) is 4.11. The van der Waals surface area contributed by atoms with Gasteiger partial charge in [-0.3, -0.25) is 0 Å². The van der Waals surface area contributed by atoms with E-state index in [2.05, 4.69) is 40.4 Å². The number of hydrogen-bond donors (Lipinski definition) is 1. The maximum atomic E-state index is 11.1. The second-order valence-corrected chi connectivity index (χ2v) is 5.63. The fourth-order valence-corrected chi connectivity index (χ4v) is 1.23. The molecule has 6 heteroatoms. The number of aromatic nitrogens is 2. The summed E-state index contributed by atoms with van der Waals surface area (Å²) in [6, 6.07) is 3.31. The standard InChI is InChI=1S/C11H17N3O2S/c1-11(2,17-4)7-12-9-6-5-8(13-14-9)10(15)16-3/h5-6H,7H2,1-4H3,(H,12,14). The van der Waals surface area contributed by atoms with Crippen LogP contribution >= 0.6 is 11.8 Å². The van der Waals surface area contributed by atoms with Gasteiger partial charge >= 0.3 is 5.97 Å². The fourth-order valence-electron chi connectivity index (χ4n) is 1.02. The molecule has 0 aliphatic heterocycles. The van der Waals surface area contributed by atoms with Crippen LogP contribution in [-0.2, 0) is 4.74 Å². The van der Waals surface area contributed by atoms with Crippen molar-refractivity contribution in [1.82, 2.24) is 10.2 Å². The molecule has 0 aliphatic rings. The molecule has 0 aliphatic carbocycles. The van der Waals surface area contributed by atoms with Gasteiger partial charge in [0.1, 0.15) is 5.82 Å². The van der Waals surface area contributed by atoms with E-state index in [1.807, 2.05) is 0 Å². The van der Waals surface area contributed by atoms with Crippen LogP contribution in [0.3, 0.4) is 0 Å². The van der Waals surface area contributed by atoms with Gasteiger partial charge in [0.2, 0.25) is 0 Å². The van der Waals surface area contributed by atoms with E-state index in [9.17, 15) is 4.79 Å². The molecule has 0 radical (unpaired) electrons. The number of nitrogens with zero attached hydrogens (tertiary/aromatic N) is 2. The highest BCUT2D eigenvalue weighted by Crippen LogP contribution is 2.21. The van der Waals surface area contributed by atoms with Gasteiger partial charge in [0, 0.05) is 11.3 Å². The number of anilines is 1. The number of carbonyl (C=O) groups is 1. The molecule has 1 aromatic heterocycles. The monoisotopic (exact) mass is 255 g/mol. The first kappa shape index (κ1) is 13.8. The third kappa shape index (κ3) is 4.22. The summed E-state index contributed by atoms with van der Waals surface area (Å²) in [6.07, 6.45) is 2.06. The number of hydrogen-bond acceptors (Lipinski definition) is 6. The van der Waals surface area contributed by atoms with Crippen LogP contribution in [0.5, 0.6) is 0 Å². The molecule has 1 rings (SSSR count). The van der Waals surface area contributed by atoms with Crippen LogP contribution in [-0.4, -0.2) is 40.8 Å². The van der Waals surface area contributed by atoms with E-state index in [0.717, 1.165) is 6.54 Å². The molecule has 1 N–H and O–H groups in total. The van der Waals surface area contributed by atoms with Crippen LogP contribution in [0.2, 0.25) is 0 Å². The van der Waals surface area contributed by atoms with Crippen LogP contribution in [0.15, 0.2) is 12.1 Å². The smallest absolute Gasteiger partial charge is 0.358 e. The molecular weight excluding hydrogens is 238 g/mol. The number of ether oxygens (including phenoxy) is 1. The minimum atomic E-state index is -0.478. The highest BCUT2D eigenvalue weighted by atomic mass is 32.2. The Kier molecular flexibility index (Phi) is 4.74. The molecule has 0 saturated heterocycles. The maximum Gasteiger partial charge on any atom is 0.358 e. The summed E-state index contributed by atoms with van der Waals surface area (Å²) in [5.41, 5.74) is 0.210. The van der Waals surface area contributed by atoms with E-state index in [1.165, 1.54) is 7.11 Å². The quantitative estimate of drug-likeness (QED) is 0.810. The molecule has 0 spiro atoms. The van der Waals surface area contributed by atoms with Crippen molar-refractivity contribution in [2.75, 3.05) is 25.2 Å². The van der Waals surface area contributed by atoms with Gasteiger partial charge in [-0.25, -0.2) is 4.79 Å². The number of rotatable bonds is 5. The van der Waals surface area contributed by atoms with Crippen molar-refractivity contribution in [3.8, 4) is 0 Å². The summed E-state index contributed by atoms with van der Waals surface area (Å²) in [4.78, 5) is 11.1. The average molecular weight is 255 g/mol. The number of nitrogens with one attached hydrogen (secondary N) is 1. The van der Waals surface area contributed by atoms with Crippen molar-refractivity contribution in [1.29, 1.82) is 0 Å². The molecule has 0 bridgehead atoms. The predicted octanol–water partition coefficient (Wildman–Crippen LogP) is 1.82. The lowest BCUT2D eigenvalue weighted by molar-refractivity contribution is 0.0593. The van der Waals surface area contributed by atoms with Crippen LogP contribution in [0.4, 0.5) is 5.82 Å². The highest BCUT2D eigenvalue weighted by Gasteiger charge is 2.15. The molecular formula is C11H17N3O2S. The van der Waals surface area contributed by atoms with E-state index in [1.54, 1.807) is 23.9 Å². The van der Waals surface area contributed by atoms with Crippen LogP contribution in [0.25, 0.3) is 0 Å². The predicted molar refractivity (Wildman–Crippen MR) is 69.5 cm³/mol. The Morgan fingerprint density at radius 3 is 2.65 bits per heavy atom. The van der Waals surface area contributed by atoms with E-state index >= 15 is 0 Å². The van der Waals surface area contributed by atoms with Crippen molar-refractivity contribution < 1.29 is 9.53 Å². The molecule has 0 unspecified atom stereocenters. The Hall–Kier alpha value is -1.30. The summed E-state index contributed by atoms with van der Waals surface area (Å²) in [6.45, 7) is 5.06. The Bertz CT molecular complexity index is 379. The Labute approximate surface area is 105 Å². The second kappa shape index (κ2) is 5.86. The first-order chi connectivity index (χ1) is 7.98. The highest BCUT2D eigenvalue weighted by molar-refractivity contribution is 7.99. The lowest BCUT2D eigenvalue weighted by Gasteiger charge is -2.22. The van der Waals surface area contributed by atoms with E-state index in [0.29, 0.717) is 5.82 Å². The van der Waals surface area contributed by atoms with Gasteiger partial charge < -0.3 is 10.1 Å². The molecule has 1 aromatic rings. The molecule has 17 heavy (non-hydrogen) atoms. The number of thioether (sulfide) groups is 1. The summed E-state index contributed by atoms with van der Waals surface area (Å²) in [5.74, 6) is 0.174. The molecule has 5 nitrogen and oxygen atoms in total.